The van der Waals surface area contributed by atoms with Crippen LogP contribution in [0, 0.1) is 0 Å². The van der Waals surface area contributed by atoms with E-state index >= 15 is 0 Å². The summed E-state index contributed by atoms with van der Waals surface area (Å²) in [5, 5.41) is 4.52. The van der Waals surface area contributed by atoms with Crippen molar-refractivity contribution in [1.82, 2.24) is 10.3 Å². The van der Waals surface area contributed by atoms with Gasteiger partial charge in [-0.3, -0.25) is 4.79 Å². The molecule has 7 heteroatoms. The van der Waals surface area contributed by atoms with Crippen LogP contribution in [0.4, 0.5) is 5.69 Å². The van der Waals surface area contributed by atoms with Crippen molar-refractivity contribution in [3.63, 3.8) is 0 Å². The zero-order valence-corrected chi connectivity index (χ0v) is 14.9. The first-order valence-corrected chi connectivity index (χ1v) is 9.03. The van der Waals surface area contributed by atoms with Crippen molar-refractivity contribution >= 4 is 44.1 Å². The molecule has 1 aromatic carbocycles. The Hall–Kier alpha value is -3.06. The largest absolute Gasteiger partial charge is 0.494 e. The highest BCUT2D eigenvalue weighted by molar-refractivity contribution is 7.21. The van der Waals surface area contributed by atoms with Crippen LogP contribution in [0.1, 0.15) is 22.4 Å². The maximum absolute atomic E-state index is 12.5. The number of ether oxygens (including phenoxy) is 1. The Balaban J connectivity index is 1.68. The van der Waals surface area contributed by atoms with Crippen molar-refractivity contribution < 1.29 is 13.9 Å². The second-order valence-corrected chi connectivity index (χ2v) is 6.73. The van der Waals surface area contributed by atoms with Crippen LogP contribution >= 0.6 is 11.3 Å². The number of furan rings is 1. The molecule has 0 unspecified atom stereocenters. The SMILES string of the molecule is CCOc1ccc2nc3sc(C(=O)NCc4ccco4)c(N)c3cc2c1. The van der Waals surface area contributed by atoms with Crippen molar-refractivity contribution in [3.05, 3.63) is 53.3 Å². The summed E-state index contributed by atoms with van der Waals surface area (Å²) < 4.78 is 10.8. The number of nitrogen functional groups attached to an aromatic ring is 1. The van der Waals surface area contributed by atoms with E-state index in [1.165, 1.54) is 11.3 Å². The molecule has 1 amide bonds. The number of rotatable bonds is 5. The Morgan fingerprint density at radius 3 is 3.00 bits per heavy atom. The van der Waals surface area contributed by atoms with Gasteiger partial charge in [0, 0.05) is 10.8 Å². The van der Waals surface area contributed by atoms with Crippen LogP contribution in [-0.4, -0.2) is 17.5 Å². The van der Waals surface area contributed by atoms with Crippen LogP contribution in [0.3, 0.4) is 0 Å². The molecule has 0 saturated heterocycles. The Morgan fingerprint density at radius 2 is 2.23 bits per heavy atom. The molecule has 0 aliphatic carbocycles. The molecule has 0 atom stereocenters. The van der Waals surface area contributed by atoms with E-state index in [4.69, 9.17) is 14.9 Å². The van der Waals surface area contributed by atoms with E-state index in [1.54, 1.807) is 18.4 Å². The highest BCUT2D eigenvalue weighted by Gasteiger charge is 2.18. The zero-order valence-electron chi connectivity index (χ0n) is 14.1. The number of hydrogen-bond acceptors (Lipinski definition) is 6. The van der Waals surface area contributed by atoms with Gasteiger partial charge in [-0.15, -0.1) is 11.3 Å². The number of nitrogens with zero attached hydrogens (tertiary/aromatic N) is 1. The van der Waals surface area contributed by atoms with Gasteiger partial charge in [0.15, 0.2) is 0 Å². The van der Waals surface area contributed by atoms with Crippen molar-refractivity contribution in [3.8, 4) is 5.75 Å². The van der Waals surface area contributed by atoms with Crippen molar-refractivity contribution in [1.29, 1.82) is 0 Å². The summed E-state index contributed by atoms with van der Waals surface area (Å²) in [6.07, 6.45) is 1.57. The third-order valence-corrected chi connectivity index (χ3v) is 5.12. The highest BCUT2D eigenvalue weighted by atomic mass is 32.1. The number of hydrogen-bond donors (Lipinski definition) is 2. The fourth-order valence-electron chi connectivity index (χ4n) is 2.77. The number of anilines is 1. The molecule has 4 aromatic rings. The summed E-state index contributed by atoms with van der Waals surface area (Å²) in [6, 6.07) is 11.3. The van der Waals surface area contributed by atoms with Gasteiger partial charge in [0.1, 0.15) is 21.2 Å². The number of nitrogens with one attached hydrogen (secondary N) is 1. The summed E-state index contributed by atoms with van der Waals surface area (Å²) in [6.45, 7) is 2.85. The minimum atomic E-state index is -0.235. The summed E-state index contributed by atoms with van der Waals surface area (Å²) in [4.78, 5) is 18.3. The van der Waals surface area contributed by atoms with Gasteiger partial charge in [0.25, 0.3) is 5.91 Å². The van der Waals surface area contributed by atoms with Gasteiger partial charge >= 0.3 is 0 Å². The van der Waals surface area contributed by atoms with Gasteiger partial charge < -0.3 is 20.2 Å². The zero-order chi connectivity index (χ0) is 18.1. The molecule has 0 spiro atoms. The Bertz CT molecular complexity index is 1090. The van der Waals surface area contributed by atoms with Crippen LogP contribution in [0.5, 0.6) is 5.75 Å². The minimum Gasteiger partial charge on any atom is -0.494 e. The number of aromatic nitrogens is 1. The van der Waals surface area contributed by atoms with Crippen molar-refractivity contribution in [2.45, 2.75) is 13.5 Å². The van der Waals surface area contributed by atoms with Crippen molar-refractivity contribution in [2.24, 2.45) is 0 Å². The summed E-state index contributed by atoms with van der Waals surface area (Å²) in [5.74, 6) is 1.23. The minimum absolute atomic E-state index is 0.235. The number of benzene rings is 1. The molecule has 0 aliphatic heterocycles. The molecule has 3 aromatic heterocycles. The Kier molecular flexibility index (Phi) is 4.22. The predicted molar refractivity (Wildman–Crippen MR) is 103 cm³/mol. The second-order valence-electron chi connectivity index (χ2n) is 5.74. The van der Waals surface area contributed by atoms with Gasteiger partial charge in [-0.1, -0.05) is 0 Å². The number of carbonyl (C=O) groups excluding carboxylic acids is 1. The smallest absolute Gasteiger partial charge is 0.263 e. The third-order valence-electron chi connectivity index (χ3n) is 4.01. The molecule has 0 bridgehead atoms. The van der Waals surface area contributed by atoms with Crippen molar-refractivity contribution in [2.75, 3.05) is 12.3 Å². The quantitative estimate of drug-likeness (QED) is 0.557. The molecule has 0 saturated carbocycles. The summed E-state index contributed by atoms with van der Waals surface area (Å²) in [7, 11) is 0. The first kappa shape index (κ1) is 16.4. The van der Waals surface area contributed by atoms with E-state index in [2.05, 4.69) is 10.3 Å². The lowest BCUT2D eigenvalue weighted by Gasteiger charge is -2.04. The molecule has 132 valence electrons. The Morgan fingerprint density at radius 1 is 1.35 bits per heavy atom. The molecule has 4 rings (SSSR count). The normalized spacial score (nSPS) is 11.1. The van der Waals surface area contributed by atoms with E-state index in [-0.39, 0.29) is 5.91 Å². The van der Waals surface area contributed by atoms with Gasteiger partial charge in [-0.2, -0.15) is 0 Å². The standard InChI is InChI=1S/C19H17N3O3S/c1-2-24-12-5-6-15-11(8-12)9-14-16(20)17(26-19(14)22-15)18(23)21-10-13-4-3-7-25-13/h3-9H,2,10,20H2,1H3,(H,21,23). The predicted octanol–water partition coefficient (Wildman–Crippen LogP) is 3.95. The van der Waals surface area contributed by atoms with E-state index in [0.29, 0.717) is 29.5 Å². The first-order valence-electron chi connectivity index (χ1n) is 8.22. The molecule has 26 heavy (non-hydrogen) atoms. The fraction of sp³-hybridized carbons (Fsp3) is 0.158. The van der Waals surface area contributed by atoms with Gasteiger partial charge in [-0.25, -0.2) is 4.98 Å². The number of thiophene rings is 1. The Labute approximate surface area is 153 Å². The summed E-state index contributed by atoms with van der Waals surface area (Å²) >= 11 is 1.29. The lowest BCUT2D eigenvalue weighted by Crippen LogP contribution is -2.22. The fourth-order valence-corrected chi connectivity index (χ4v) is 3.77. The lowest BCUT2D eigenvalue weighted by molar-refractivity contribution is 0.0953. The van der Waals surface area contributed by atoms with Gasteiger partial charge in [0.05, 0.1) is 30.6 Å². The average Bonchev–Trinajstić information content (AvgIpc) is 3.27. The van der Waals surface area contributed by atoms with Crippen LogP contribution in [0.15, 0.2) is 47.1 Å². The lowest BCUT2D eigenvalue weighted by atomic mass is 10.1. The molecular formula is C19H17N3O3S. The molecule has 6 nitrogen and oxygen atoms in total. The van der Waals surface area contributed by atoms with E-state index in [0.717, 1.165) is 26.9 Å². The number of nitrogens with two attached hydrogens (primary N) is 1. The number of amides is 1. The average molecular weight is 367 g/mol. The molecule has 0 aliphatic rings. The van der Waals surface area contributed by atoms with Gasteiger partial charge in [0.2, 0.25) is 0 Å². The highest BCUT2D eigenvalue weighted by Crippen LogP contribution is 2.35. The molecule has 3 N–H and O–H groups in total. The monoisotopic (exact) mass is 367 g/mol. The maximum Gasteiger partial charge on any atom is 0.263 e. The topological polar surface area (TPSA) is 90.4 Å². The third kappa shape index (κ3) is 2.97. The van der Waals surface area contributed by atoms with Crippen LogP contribution in [-0.2, 0) is 6.54 Å². The van der Waals surface area contributed by atoms with Crippen LogP contribution < -0.4 is 15.8 Å². The molecular weight excluding hydrogens is 350 g/mol. The maximum atomic E-state index is 12.5. The van der Waals surface area contributed by atoms with Crippen LogP contribution in [0.25, 0.3) is 21.1 Å². The van der Waals surface area contributed by atoms with E-state index in [1.807, 2.05) is 31.2 Å². The second kappa shape index (κ2) is 6.68. The van der Waals surface area contributed by atoms with E-state index < -0.39 is 0 Å². The summed E-state index contributed by atoms with van der Waals surface area (Å²) in [5.41, 5.74) is 7.51. The number of carbonyl (C=O) groups is 1. The molecule has 0 radical (unpaired) electrons. The first-order chi connectivity index (χ1) is 12.7. The van der Waals surface area contributed by atoms with Crippen LogP contribution in [0.2, 0.25) is 0 Å². The van der Waals surface area contributed by atoms with Gasteiger partial charge in [-0.05, 0) is 43.3 Å². The number of fused-ring (bicyclic) bond motifs is 2. The van der Waals surface area contributed by atoms with E-state index in [9.17, 15) is 4.79 Å². The molecule has 3 heterocycles. The number of pyridine rings is 1. The molecule has 0 fully saturated rings.